The van der Waals surface area contributed by atoms with Gasteiger partial charge in [0.1, 0.15) is 16.8 Å². The Balaban J connectivity index is 1.66. The van der Waals surface area contributed by atoms with E-state index in [-0.39, 0.29) is 16.3 Å². The van der Waals surface area contributed by atoms with Crippen LogP contribution in [0.15, 0.2) is 12.2 Å². The van der Waals surface area contributed by atoms with Crippen LogP contribution in [-0.2, 0) is 14.2 Å². The number of rotatable bonds is 3. The van der Waals surface area contributed by atoms with E-state index in [4.69, 9.17) is 14.2 Å². The Hall–Kier alpha value is -0.300. The SMILES string of the molecule is O=C(OCC1CCC(I)O1)OC1/C=C/CCCCC1. The molecule has 1 aliphatic heterocycles. The molecule has 0 aromatic carbocycles. The predicted octanol–water partition coefficient (Wildman–Crippen LogP) is 3.97. The molecule has 0 radical (unpaired) electrons. The Morgan fingerprint density at radius 1 is 1.26 bits per heavy atom. The summed E-state index contributed by atoms with van der Waals surface area (Å²) in [5.41, 5.74) is 0. The van der Waals surface area contributed by atoms with Crippen LogP contribution in [0.4, 0.5) is 4.79 Å². The predicted molar refractivity (Wildman–Crippen MR) is 80.4 cm³/mol. The fourth-order valence-corrected chi connectivity index (χ4v) is 3.10. The summed E-state index contributed by atoms with van der Waals surface area (Å²) in [5.74, 6) is 0. The molecule has 19 heavy (non-hydrogen) atoms. The first kappa shape index (κ1) is 15.1. The molecule has 0 aromatic heterocycles. The van der Waals surface area contributed by atoms with E-state index in [0.717, 1.165) is 32.1 Å². The van der Waals surface area contributed by atoms with Gasteiger partial charge in [-0.25, -0.2) is 4.79 Å². The van der Waals surface area contributed by atoms with Crippen LogP contribution in [0.3, 0.4) is 0 Å². The van der Waals surface area contributed by atoms with Gasteiger partial charge >= 0.3 is 6.16 Å². The largest absolute Gasteiger partial charge is 0.508 e. The average molecular weight is 380 g/mol. The van der Waals surface area contributed by atoms with Gasteiger partial charge in [-0.3, -0.25) is 0 Å². The number of carbonyl (C=O) groups is 1. The van der Waals surface area contributed by atoms with E-state index in [0.29, 0.717) is 6.61 Å². The van der Waals surface area contributed by atoms with Gasteiger partial charge in [0.2, 0.25) is 0 Å². The smallest absolute Gasteiger partial charge is 0.432 e. The monoisotopic (exact) mass is 380 g/mol. The summed E-state index contributed by atoms with van der Waals surface area (Å²) in [6, 6.07) is 0. The summed E-state index contributed by atoms with van der Waals surface area (Å²) in [5, 5.41) is 0. The molecule has 0 N–H and O–H groups in total. The molecule has 5 heteroatoms. The molecule has 1 heterocycles. The lowest BCUT2D eigenvalue weighted by Crippen LogP contribution is -2.22. The second kappa shape index (κ2) is 8.09. The number of ether oxygens (including phenoxy) is 3. The standard InChI is InChI=1S/C14H21IO4/c15-13-9-8-12(18-13)10-17-14(16)19-11-6-4-2-1-3-5-7-11/h4,6,11-13H,1-3,5,7-10H2/b6-4+. The lowest BCUT2D eigenvalue weighted by molar-refractivity contribution is -0.00508. The van der Waals surface area contributed by atoms with Crippen LogP contribution in [-0.4, -0.2) is 29.1 Å². The molecule has 0 saturated carbocycles. The minimum atomic E-state index is -0.573. The molecule has 108 valence electrons. The molecule has 1 aliphatic carbocycles. The Bertz CT molecular complexity index is 319. The lowest BCUT2D eigenvalue weighted by atomic mass is 10.0. The number of alkyl halides is 1. The van der Waals surface area contributed by atoms with E-state index in [9.17, 15) is 4.79 Å². The van der Waals surface area contributed by atoms with Gasteiger partial charge in [0.05, 0.1) is 6.10 Å². The van der Waals surface area contributed by atoms with Crippen molar-refractivity contribution in [2.45, 2.75) is 61.3 Å². The summed E-state index contributed by atoms with van der Waals surface area (Å²) < 4.78 is 16.3. The third-order valence-electron chi connectivity index (χ3n) is 3.40. The van der Waals surface area contributed by atoms with Crippen molar-refractivity contribution in [1.29, 1.82) is 0 Å². The number of halogens is 1. The van der Waals surface area contributed by atoms with Crippen LogP contribution in [0, 0.1) is 0 Å². The van der Waals surface area contributed by atoms with Gasteiger partial charge in [-0.05, 0) is 44.6 Å². The van der Waals surface area contributed by atoms with Crippen molar-refractivity contribution >= 4 is 28.7 Å². The number of hydrogen-bond donors (Lipinski definition) is 0. The van der Waals surface area contributed by atoms with Crippen molar-refractivity contribution in [2.75, 3.05) is 6.61 Å². The second-order valence-electron chi connectivity index (χ2n) is 5.03. The Kier molecular flexibility index (Phi) is 6.43. The first-order valence-electron chi connectivity index (χ1n) is 7.03. The second-order valence-corrected chi connectivity index (χ2v) is 6.42. The molecule has 1 fully saturated rings. The Morgan fingerprint density at radius 2 is 2.16 bits per heavy atom. The highest BCUT2D eigenvalue weighted by Crippen LogP contribution is 2.24. The number of allylic oxidation sites excluding steroid dienone is 1. The zero-order valence-electron chi connectivity index (χ0n) is 11.1. The fraction of sp³-hybridized carbons (Fsp3) is 0.786. The molecule has 0 spiro atoms. The zero-order valence-corrected chi connectivity index (χ0v) is 13.2. The van der Waals surface area contributed by atoms with Gasteiger partial charge < -0.3 is 14.2 Å². The molecule has 1 saturated heterocycles. The summed E-state index contributed by atoms with van der Waals surface area (Å²) in [6.07, 6.45) is 10.9. The Labute approximate surface area is 128 Å². The minimum absolute atomic E-state index is 0.0299. The van der Waals surface area contributed by atoms with Crippen LogP contribution >= 0.6 is 22.6 Å². The van der Waals surface area contributed by atoms with Gasteiger partial charge in [0.25, 0.3) is 0 Å². The van der Waals surface area contributed by atoms with E-state index in [1.54, 1.807) is 0 Å². The molecule has 0 aromatic rings. The van der Waals surface area contributed by atoms with Gasteiger partial charge in [-0.15, -0.1) is 0 Å². The van der Waals surface area contributed by atoms with Crippen molar-refractivity contribution in [3.8, 4) is 0 Å². The summed E-state index contributed by atoms with van der Waals surface area (Å²) in [6.45, 7) is 0.300. The highest BCUT2D eigenvalue weighted by atomic mass is 127. The van der Waals surface area contributed by atoms with Crippen molar-refractivity contribution in [3.05, 3.63) is 12.2 Å². The van der Waals surface area contributed by atoms with Crippen LogP contribution in [0.2, 0.25) is 0 Å². The fourth-order valence-electron chi connectivity index (χ4n) is 2.33. The van der Waals surface area contributed by atoms with Gasteiger partial charge in [0.15, 0.2) is 0 Å². The zero-order chi connectivity index (χ0) is 13.5. The quantitative estimate of drug-likeness (QED) is 0.322. The number of carbonyl (C=O) groups excluding carboxylic acids is 1. The van der Waals surface area contributed by atoms with E-state index in [2.05, 4.69) is 28.7 Å². The van der Waals surface area contributed by atoms with Crippen molar-refractivity contribution in [3.63, 3.8) is 0 Å². The molecule has 4 nitrogen and oxygen atoms in total. The average Bonchev–Trinajstić information content (AvgIpc) is 2.76. The molecular weight excluding hydrogens is 359 g/mol. The maximum absolute atomic E-state index is 11.6. The molecule has 3 unspecified atom stereocenters. The number of hydrogen-bond acceptors (Lipinski definition) is 4. The minimum Gasteiger partial charge on any atom is -0.432 e. The highest BCUT2D eigenvalue weighted by Gasteiger charge is 2.24. The topological polar surface area (TPSA) is 44.8 Å². The van der Waals surface area contributed by atoms with Crippen LogP contribution in [0.1, 0.15) is 44.9 Å². The maximum atomic E-state index is 11.6. The first-order chi connectivity index (χ1) is 9.24. The lowest BCUT2D eigenvalue weighted by Gasteiger charge is -2.17. The van der Waals surface area contributed by atoms with E-state index >= 15 is 0 Å². The molecule has 0 amide bonds. The van der Waals surface area contributed by atoms with Gasteiger partial charge in [-0.1, -0.05) is 35.1 Å². The Morgan fingerprint density at radius 3 is 2.95 bits per heavy atom. The third-order valence-corrected chi connectivity index (χ3v) is 4.32. The highest BCUT2D eigenvalue weighted by molar-refractivity contribution is 14.1. The van der Waals surface area contributed by atoms with Crippen molar-refractivity contribution < 1.29 is 19.0 Å². The van der Waals surface area contributed by atoms with Gasteiger partial charge in [-0.2, -0.15) is 0 Å². The molecular formula is C14H21IO4. The maximum Gasteiger partial charge on any atom is 0.508 e. The van der Waals surface area contributed by atoms with Crippen LogP contribution < -0.4 is 0 Å². The van der Waals surface area contributed by atoms with Crippen LogP contribution in [0.25, 0.3) is 0 Å². The van der Waals surface area contributed by atoms with E-state index in [1.807, 2.05) is 6.08 Å². The normalized spacial score (nSPS) is 33.2. The van der Waals surface area contributed by atoms with E-state index in [1.165, 1.54) is 12.8 Å². The van der Waals surface area contributed by atoms with E-state index < -0.39 is 6.16 Å². The van der Waals surface area contributed by atoms with Crippen LogP contribution in [0.5, 0.6) is 0 Å². The molecule has 3 atom stereocenters. The van der Waals surface area contributed by atoms with Crippen molar-refractivity contribution in [2.24, 2.45) is 0 Å². The molecule has 2 rings (SSSR count). The van der Waals surface area contributed by atoms with Gasteiger partial charge in [0, 0.05) is 0 Å². The summed E-state index contributed by atoms with van der Waals surface area (Å²) in [7, 11) is 0. The first-order valence-corrected chi connectivity index (χ1v) is 8.28. The van der Waals surface area contributed by atoms with Crippen molar-refractivity contribution in [1.82, 2.24) is 0 Å². The molecule has 2 aliphatic rings. The third kappa shape index (κ3) is 5.69. The summed E-state index contributed by atoms with van der Waals surface area (Å²) >= 11 is 2.25. The summed E-state index contributed by atoms with van der Waals surface area (Å²) in [4.78, 5) is 11.6. The molecule has 0 bridgehead atoms.